The van der Waals surface area contributed by atoms with Crippen LogP contribution in [0.1, 0.15) is 23.6 Å². The molecular weight excluding hydrogens is 354 g/mol. The van der Waals surface area contributed by atoms with E-state index in [1.165, 1.54) is 0 Å². The van der Waals surface area contributed by atoms with Crippen molar-refractivity contribution < 1.29 is 14.3 Å². The molecule has 0 saturated carbocycles. The molecule has 1 atom stereocenters. The van der Waals surface area contributed by atoms with Gasteiger partial charge in [-0.05, 0) is 36.8 Å². The number of anilines is 1. The van der Waals surface area contributed by atoms with Crippen LogP contribution in [0.3, 0.4) is 0 Å². The molecule has 1 fully saturated rings. The number of methoxy groups -OCH3 is 2. The smallest absolute Gasteiger partial charge is 0.241 e. The van der Waals surface area contributed by atoms with Gasteiger partial charge in [-0.25, -0.2) is 0 Å². The SMILES string of the molecule is COCc1cc(CN2CC(=O)N(c3ccccc3C#N)C[C@@H]2C)ccc1OC. The van der Waals surface area contributed by atoms with Crippen LogP contribution in [0, 0.1) is 11.3 Å². The normalized spacial score (nSPS) is 17.4. The molecule has 2 aromatic rings. The topological polar surface area (TPSA) is 65.8 Å². The average molecular weight is 379 g/mol. The Bertz CT molecular complexity index is 891. The minimum absolute atomic E-state index is 0.00595. The van der Waals surface area contributed by atoms with E-state index in [0.717, 1.165) is 16.9 Å². The van der Waals surface area contributed by atoms with Crippen molar-refractivity contribution >= 4 is 11.6 Å². The van der Waals surface area contributed by atoms with Crippen molar-refractivity contribution in [2.45, 2.75) is 26.1 Å². The summed E-state index contributed by atoms with van der Waals surface area (Å²) in [6.45, 7) is 4.12. The number of piperazine rings is 1. The third-order valence-electron chi connectivity index (χ3n) is 5.06. The molecular formula is C22H25N3O3. The fourth-order valence-electron chi connectivity index (χ4n) is 3.58. The molecule has 1 amide bonds. The van der Waals surface area contributed by atoms with Crippen LogP contribution in [0.2, 0.25) is 0 Å². The lowest BCUT2D eigenvalue weighted by Crippen LogP contribution is -2.55. The first-order valence-corrected chi connectivity index (χ1v) is 9.25. The highest BCUT2D eigenvalue weighted by Crippen LogP contribution is 2.26. The summed E-state index contributed by atoms with van der Waals surface area (Å²) in [6, 6.07) is 15.6. The van der Waals surface area contributed by atoms with Gasteiger partial charge >= 0.3 is 0 Å². The van der Waals surface area contributed by atoms with Gasteiger partial charge in [0, 0.05) is 31.8 Å². The molecule has 0 aromatic heterocycles. The van der Waals surface area contributed by atoms with Crippen molar-refractivity contribution in [3.8, 4) is 11.8 Å². The van der Waals surface area contributed by atoms with E-state index < -0.39 is 0 Å². The molecule has 3 rings (SSSR count). The third kappa shape index (κ3) is 4.16. The summed E-state index contributed by atoms with van der Waals surface area (Å²) in [6.07, 6.45) is 0. The average Bonchev–Trinajstić information content (AvgIpc) is 2.71. The molecule has 6 nitrogen and oxygen atoms in total. The quantitative estimate of drug-likeness (QED) is 0.772. The van der Waals surface area contributed by atoms with Gasteiger partial charge in [-0.3, -0.25) is 9.69 Å². The van der Waals surface area contributed by atoms with Crippen molar-refractivity contribution in [3.05, 3.63) is 59.2 Å². The number of nitrogens with zero attached hydrogens (tertiary/aromatic N) is 3. The summed E-state index contributed by atoms with van der Waals surface area (Å²) in [5.74, 6) is 0.805. The summed E-state index contributed by atoms with van der Waals surface area (Å²) in [5, 5.41) is 9.34. The summed E-state index contributed by atoms with van der Waals surface area (Å²) < 4.78 is 10.6. The van der Waals surface area contributed by atoms with E-state index in [0.29, 0.717) is 37.5 Å². The van der Waals surface area contributed by atoms with Gasteiger partial charge in [-0.2, -0.15) is 5.26 Å². The van der Waals surface area contributed by atoms with Crippen LogP contribution < -0.4 is 9.64 Å². The van der Waals surface area contributed by atoms with E-state index in [1.54, 1.807) is 25.2 Å². The van der Waals surface area contributed by atoms with Crippen LogP contribution in [-0.4, -0.2) is 44.2 Å². The molecule has 6 heteroatoms. The maximum absolute atomic E-state index is 12.8. The van der Waals surface area contributed by atoms with Crippen LogP contribution in [-0.2, 0) is 22.7 Å². The molecule has 1 aliphatic heterocycles. The third-order valence-corrected chi connectivity index (χ3v) is 5.06. The summed E-state index contributed by atoms with van der Waals surface area (Å²) in [5.41, 5.74) is 3.31. The first-order valence-electron chi connectivity index (χ1n) is 9.25. The summed E-state index contributed by atoms with van der Waals surface area (Å²) in [7, 11) is 3.30. The van der Waals surface area contributed by atoms with Crippen LogP contribution in [0.25, 0.3) is 0 Å². The highest BCUT2D eigenvalue weighted by atomic mass is 16.5. The fraction of sp³-hybridized carbons (Fsp3) is 0.364. The lowest BCUT2D eigenvalue weighted by Gasteiger charge is -2.39. The summed E-state index contributed by atoms with van der Waals surface area (Å²) >= 11 is 0. The van der Waals surface area contributed by atoms with Gasteiger partial charge in [0.25, 0.3) is 0 Å². The first kappa shape index (κ1) is 19.9. The number of hydrogen-bond donors (Lipinski definition) is 0. The minimum Gasteiger partial charge on any atom is -0.496 e. The molecule has 0 bridgehead atoms. The highest BCUT2D eigenvalue weighted by Gasteiger charge is 2.31. The largest absolute Gasteiger partial charge is 0.496 e. The Morgan fingerprint density at radius 2 is 2.00 bits per heavy atom. The molecule has 1 heterocycles. The zero-order chi connectivity index (χ0) is 20.1. The van der Waals surface area contributed by atoms with Crippen molar-refractivity contribution in [1.82, 2.24) is 4.90 Å². The molecule has 1 aliphatic rings. The van der Waals surface area contributed by atoms with E-state index in [9.17, 15) is 10.1 Å². The number of carbonyl (C=O) groups is 1. The lowest BCUT2D eigenvalue weighted by molar-refractivity contribution is -0.122. The van der Waals surface area contributed by atoms with Crippen LogP contribution in [0.4, 0.5) is 5.69 Å². The number of rotatable bonds is 6. The standard InChI is InChI=1S/C22H25N3O3/c1-16-12-25(20-7-5-4-6-18(20)11-23)22(26)14-24(16)13-17-8-9-21(28-3)19(10-17)15-27-2/h4-10,16H,12-15H2,1-3H3/t16-/m0/s1. The Morgan fingerprint density at radius 3 is 2.71 bits per heavy atom. The molecule has 0 unspecified atom stereocenters. The van der Waals surface area contributed by atoms with Gasteiger partial charge in [-0.1, -0.05) is 18.2 Å². The number of nitriles is 1. The number of carbonyl (C=O) groups excluding carboxylic acids is 1. The van der Waals surface area contributed by atoms with Crippen LogP contribution in [0.5, 0.6) is 5.75 Å². The van der Waals surface area contributed by atoms with Crippen molar-refractivity contribution in [2.75, 3.05) is 32.2 Å². The van der Waals surface area contributed by atoms with Crippen molar-refractivity contribution in [2.24, 2.45) is 0 Å². The van der Waals surface area contributed by atoms with Gasteiger partial charge in [0.05, 0.1) is 31.5 Å². The van der Waals surface area contributed by atoms with E-state index in [4.69, 9.17) is 9.47 Å². The second-order valence-electron chi connectivity index (χ2n) is 6.97. The highest BCUT2D eigenvalue weighted by molar-refractivity contribution is 5.96. The van der Waals surface area contributed by atoms with Crippen molar-refractivity contribution in [1.29, 1.82) is 5.26 Å². The van der Waals surface area contributed by atoms with Gasteiger partial charge in [0.1, 0.15) is 11.8 Å². The van der Waals surface area contributed by atoms with Crippen LogP contribution >= 0.6 is 0 Å². The zero-order valence-electron chi connectivity index (χ0n) is 16.5. The number of hydrogen-bond acceptors (Lipinski definition) is 5. The lowest BCUT2D eigenvalue weighted by atomic mass is 10.1. The second-order valence-corrected chi connectivity index (χ2v) is 6.97. The predicted octanol–water partition coefficient (Wildman–Crippen LogP) is 2.95. The monoisotopic (exact) mass is 379 g/mol. The zero-order valence-corrected chi connectivity index (χ0v) is 16.5. The molecule has 1 saturated heterocycles. The maximum Gasteiger partial charge on any atom is 0.241 e. The number of amides is 1. The van der Waals surface area contributed by atoms with Gasteiger partial charge in [-0.15, -0.1) is 0 Å². The molecule has 0 N–H and O–H groups in total. The molecule has 2 aromatic carbocycles. The molecule has 0 aliphatic carbocycles. The number of ether oxygens (including phenoxy) is 2. The summed E-state index contributed by atoms with van der Waals surface area (Å²) in [4.78, 5) is 16.7. The number of benzene rings is 2. The Hall–Kier alpha value is -2.88. The Morgan fingerprint density at radius 1 is 1.21 bits per heavy atom. The molecule has 0 radical (unpaired) electrons. The van der Waals surface area contributed by atoms with Crippen molar-refractivity contribution in [3.63, 3.8) is 0 Å². The van der Waals surface area contributed by atoms with Gasteiger partial charge in [0.15, 0.2) is 0 Å². The van der Waals surface area contributed by atoms with E-state index >= 15 is 0 Å². The maximum atomic E-state index is 12.8. The van der Waals surface area contributed by atoms with E-state index in [-0.39, 0.29) is 11.9 Å². The number of para-hydroxylation sites is 1. The minimum atomic E-state index is 0.00595. The van der Waals surface area contributed by atoms with Crippen LogP contribution in [0.15, 0.2) is 42.5 Å². The Balaban J connectivity index is 1.76. The Kier molecular flexibility index (Phi) is 6.30. The van der Waals surface area contributed by atoms with Gasteiger partial charge in [0.2, 0.25) is 5.91 Å². The van der Waals surface area contributed by atoms with E-state index in [2.05, 4.69) is 24.0 Å². The first-order chi connectivity index (χ1) is 13.6. The molecule has 146 valence electrons. The van der Waals surface area contributed by atoms with E-state index in [1.807, 2.05) is 30.3 Å². The molecule has 28 heavy (non-hydrogen) atoms. The fourth-order valence-corrected chi connectivity index (χ4v) is 3.58. The Labute approximate surface area is 165 Å². The second kappa shape index (κ2) is 8.87. The van der Waals surface area contributed by atoms with Gasteiger partial charge < -0.3 is 14.4 Å². The predicted molar refractivity (Wildman–Crippen MR) is 107 cm³/mol. The molecule has 0 spiro atoms.